The molecule has 38 heavy (non-hydrogen) atoms. The van der Waals surface area contributed by atoms with Crippen molar-refractivity contribution in [3.8, 4) is 22.9 Å². The van der Waals surface area contributed by atoms with Crippen molar-refractivity contribution in [3.05, 3.63) is 53.8 Å². The van der Waals surface area contributed by atoms with Gasteiger partial charge in [-0.3, -0.25) is 0 Å². The van der Waals surface area contributed by atoms with Crippen LogP contribution in [0, 0.1) is 12.7 Å². The topological polar surface area (TPSA) is 73.8 Å². The van der Waals surface area contributed by atoms with Crippen LogP contribution in [0.25, 0.3) is 32.8 Å². The summed E-state index contributed by atoms with van der Waals surface area (Å²) in [6, 6.07) is 13.5. The van der Waals surface area contributed by atoms with Gasteiger partial charge in [-0.15, -0.1) is 0 Å². The minimum atomic E-state index is -0.421. The number of fused-ring (bicyclic) bond motifs is 2. The molecule has 2 aliphatic heterocycles. The van der Waals surface area contributed by atoms with Crippen LogP contribution in [-0.4, -0.2) is 72.4 Å². The molecule has 3 aromatic carbocycles. The van der Waals surface area contributed by atoms with Gasteiger partial charge in [-0.2, -0.15) is 9.97 Å². The second-order valence-electron chi connectivity index (χ2n) is 10.5. The van der Waals surface area contributed by atoms with Gasteiger partial charge in [0.1, 0.15) is 23.7 Å². The van der Waals surface area contributed by atoms with Crippen molar-refractivity contribution in [2.75, 3.05) is 51.3 Å². The summed E-state index contributed by atoms with van der Waals surface area (Å²) in [6.07, 6.45) is 3.19. The van der Waals surface area contributed by atoms with Gasteiger partial charge in [0.2, 0.25) is 0 Å². The predicted octanol–water partition coefficient (Wildman–Crippen LogP) is 4.88. The second kappa shape index (κ2) is 10.3. The first kappa shape index (κ1) is 24.8. The number of hydrogen-bond acceptors (Lipinski definition) is 7. The maximum Gasteiger partial charge on any atom is 0.319 e. The van der Waals surface area contributed by atoms with E-state index in [9.17, 15) is 5.11 Å². The molecule has 0 bridgehead atoms. The Morgan fingerprint density at radius 1 is 1.05 bits per heavy atom. The number of nitrogens with one attached hydrogen (secondary N) is 1. The number of phenolic OH excluding ortho intramolecular Hbond substituents is 1. The summed E-state index contributed by atoms with van der Waals surface area (Å²) in [5.74, 6) is 0.390. The van der Waals surface area contributed by atoms with E-state index in [0.717, 1.165) is 68.3 Å². The zero-order chi connectivity index (χ0) is 26.2. The summed E-state index contributed by atoms with van der Waals surface area (Å²) in [7, 11) is 2.10. The lowest BCUT2D eigenvalue weighted by molar-refractivity contribution is 0.188. The zero-order valence-electron chi connectivity index (χ0n) is 22.0. The molecular weight excluding hydrogens is 481 g/mol. The first-order chi connectivity index (χ1) is 18.5. The molecule has 0 saturated carbocycles. The van der Waals surface area contributed by atoms with E-state index in [1.807, 2.05) is 37.3 Å². The molecule has 0 aliphatic carbocycles. The molecule has 198 valence electrons. The highest BCUT2D eigenvalue weighted by Crippen LogP contribution is 2.40. The van der Waals surface area contributed by atoms with E-state index in [-0.39, 0.29) is 17.3 Å². The Hall–Kier alpha value is -3.49. The number of hydrogen-bond donors (Lipinski definition) is 2. The molecule has 1 atom stereocenters. The first-order valence-electron chi connectivity index (χ1n) is 13.5. The maximum atomic E-state index is 16.6. The first-order valence-corrected chi connectivity index (χ1v) is 13.5. The molecule has 2 aliphatic rings. The standard InChI is InChI=1S/C30H34FN5O2/c1-19-15-25-28(27(31)26(19)24-17-22(37)16-20-7-3-4-9-23(20)24)33-30(38-18-21-8-5-12-35(21)2)34-29(25)36-13-6-10-32-11-14-36/h3-4,7,9,15-17,21,32,37H,5-6,8,10-14,18H2,1-2H3/t21-/m0/s1. The molecule has 3 heterocycles. The minimum Gasteiger partial charge on any atom is -0.508 e. The highest BCUT2D eigenvalue weighted by atomic mass is 19.1. The number of aromatic nitrogens is 2. The smallest absolute Gasteiger partial charge is 0.319 e. The van der Waals surface area contributed by atoms with Gasteiger partial charge in [0.05, 0.1) is 0 Å². The van der Waals surface area contributed by atoms with Crippen LogP contribution in [0.3, 0.4) is 0 Å². The third-order valence-electron chi connectivity index (χ3n) is 7.92. The number of nitrogens with zero attached hydrogens (tertiary/aromatic N) is 4. The number of phenols is 1. The van der Waals surface area contributed by atoms with E-state index in [1.54, 1.807) is 12.1 Å². The predicted molar refractivity (Wildman–Crippen MR) is 150 cm³/mol. The number of ether oxygens (including phenoxy) is 1. The van der Waals surface area contributed by atoms with Crippen molar-refractivity contribution in [1.29, 1.82) is 0 Å². The van der Waals surface area contributed by atoms with Crippen LogP contribution in [0.5, 0.6) is 11.8 Å². The summed E-state index contributed by atoms with van der Waals surface area (Å²) >= 11 is 0. The summed E-state index contributed by atoms with van der Waals surface area (Å²) in [4.78, 5) is 14.0. The molecule has 2 N–H and O–H groups in total. The zero-order valence-corrected chi connectivity index (χ0v) is 22.0. The van der Waals surface area contributed by atoms with Crippen molar-refractivity contribution in [2.45, 2.75) is 32.2 Å². The summed E-state index contributed by atoms with van der Waals surface area (Å²) < 4.78 is 22.8. The lowest BCUT2D eigenvalue weighted by Crippen LogP contribution is -2.31. The molecule has 1 aromatic heterocycles. The van der Waals surface area contributed by atoms with Crippen molar-refractivity contribution < 1.29 is 14.2 Å². The van der Waals surface area contributed by atoms with E-state index >= 15 is 4.39 Å². The third kappa shape index (κ3) is 4.63. The lowest BCUT2D eigenvalue weighted by atomic mass is 9.93. The molecule has 6 rings (SSSR count). The Balaban J connectivity index is 1.52. The molecule has 0 unspecified atom stereocenters. The van der Waals surface area contributed by atoms with E-state index in [0.29, 0.717) is 35.0 Å². The van der Waals surface area contributed by atoms with Gasteiger partial charge in [-0.25, -0.2) is 4.39 Å². The van der Waals surface area contributed by atoms with E-state index in [1.165, 1.54) is 0 Å². The Morgan fingerprint density at radius 3 is 2.76 bits per heavy atom. The Bertz CT molecular complexity index is 1490. The Morgan fingerprint density at radius 2 is 1.92 bits per heavy atom. The van der Waals surface area contributed by atoms with Crippen LogP contribution < -0.4 is 15.0 Å². The highest BCUT2D eigenvalue weighted by molar-refractivity contribution is 6.02. The molecule has 0 amide bonds. The van der Waals surface area contributed by atoms with Crippen LogP contribution in [0.1, 0.15) is 24.8 Å². The van der Waals surface area contributed by atoms with Crippen molar-refractivity contribution >= 4 is 27.5 Å². The summed E-state index contributed by atoms with van der Waals surface area (Å²) in [6.45, 7) is 6.81. The largest absolute Gasteiger partial charge is 0.508 e. The average molecular weight is 516 g/mol. The summed E-state index contributed by atoms with van der Waals surface area (Å²) in [5.41, 5.74) is 2.10. The molecule has 8 heteroatoms. The van der Waals surface area contributed by atoms with Crippen LogP contribution in [0.4, 0.5) is 10.2 Å². The lowest BCUT2D eigenvalue weighted by Gasteiger charge is -2.25. The third-order valence-corrected chi connectivity index (χ3v) is 7.92. The van der Waals surface area contributed by atoms with Gasteiger partial charge in [0.15, 0.2) is 5.82 Å². The van der Waals surface area contributed by atoms with Gasteiger partial charge in [0, 0.05) is 36.6 Å². The number of anilines is 1. The SMILES string of the molecule is Cc1cc2c(N3CCCNCC3)nc(OC[C@@H]3CCCN3C)nc2c(F)c1-c1cc(O)cc2ccccc12. The number of rotatable bonds is 5. The molecule has 0 radical (unpaired) electrons. The number of aromatic hydroxyl groups is 1. The van der Waals surface area contributed by atoms with Crippen molar-refractivity contribution in [1.82, 2.24) is 20.2 Å². The molecule has 7 nitrogen and oxygen atoms in total. The van der Waals surface area contributed by atoms with Crippen LogP contribution in [-0.2, 0) is 0 Å². The fraction of sp³-hybridized carbons (Fsp3) is 0.400. The monoisotopic (exact) mass is 515 g/mol. The number of aryl methyl sites for hydroxylation is 1. The Kier molecular flexibility index (Phi) is 6.76. The maximum absolute atomic E-state index is 16.6. The number of halogens is 1. The van der Waals surface area contributed by atoms with Crippen LogP contribution in [0.2, 0.25) is 0 Å². The van der Waals surface area contributed by atoms with Gasteiger partial charge >= 0.3 is 6.01 Å². The number of likely N-dealkylation sites (N-methyl/N-ethyl adjacent to an activating group) is 1. The van der Waals surface area contributed by atoms with E-state index < -0.39 is 5.82 Å². The van der Waals surface area contributed by atoms with Crippen molar-refractivity contribution in [3.63, 3.8) is 0 Å². The quantitative estimate of drug-likeness (QED) is 0.393. The average Bonchev–Trinajstić information content (AvgIpc) is 3.14. The summed E-state index contributed by atoms with van der Waals surface area (Å²) in [5, 5.41) is 16.3. The van der Waals surface area contributed by atoms with E-state index in [4.69, 9.17) is 9.72 Å². The fourth-order valence-corrected chi connectivity index (χ4v) is 5.87. The molecule has 2 saturated heterocycles. The fourth-order valence-electron chi connectivity index (χ4n) is 5.87. The highest BCUT2D eigenvalue weighted by Gasteiger charge is 2.25. The number of likely N-dealkylation sites (tertiary alicyclic amines) is 1. The van der Waals surface area contributed by atoms with Gasteiger partial charge < -0.3 is 25.0 Å². The number of benzene rings is 3. The van der Waals surface area contributed by atoms with Crippen LogP contribution >= 0.6 is 0 Å². The second-order valence-corrected chi connectivity index (χ2v) is 10.5. The molecule has 4 aromatic rings. The minimum absolute atomic E-state index is 0.0998. The van der Waals surface area contributed by atoms with Gasteiger partial charge in [0.25, 0.3) is 0 Å². The normalized spacial score (nSPS) is 18.8. The van der Waals surface area contributed by atoms with Crippen LogP contribution in [0.15, 0.2) is 42.5 Å². The van der Waals surface area contributed by atoms with Crippen molar-refractivity contribution in [2.24, 2.45) is 0 Å². The molecule has 0 spiro atoms. The molecule has 2 fully saturated rings. The van der Waals surface area contributed by atoms with E-state index in [2.05, 4.69) is 27.1 Å². The Labute approximate surface area is 222 Å². The molecular formula is C30H34FN5O2. The van der Waals surface area contributed by atoms with Gasteiger partial charge in [-0.05, 0) is 86.4 Å². The van der Waals surface area contributed by atoms with Gasteiger partial charge in [-0.1, -0.05) is 24.3 Å².